The van der Waals surface area contributed by atoms with Crippen molar-refractivity contribution in [1.82, 2.24) is 0 Å². The van der Waals surface area contributed by atoms with Crippen LogP contribution < -0.4 is 0 Å². The van der Waals surface area contributed by atoms with Gasteiger partial charge in [0.2, 0.25) is 0 Å². The zero-order valence-corrected chi connectivity index (χ0v) is 6.88. The number of hydrogen-bond donors (Lipinski definition) is 0. The molecular weight excluding hydrogens is 181 g/mol. The molecule has 0 fully saturated rings. The summed E-state index contributed by atoms with van der Waals surface area (Å²) in [4.78, 5) is 9.72. The zero-order valence-electron chi connectivity index (χ0n) is 6.07. The van der Waals surface area contributed by atoms with Crippen molar-refractivity contribution in [2.45, 2.75) is 5.75 Å². The van der Waals surface area contributed by atoms with Crippen molar-refractivity contribution >= 4 is 17.8 Å². The number of benzene rings is 1. The molecule has 5 heteroatoms. The number of nitrogens with zero attached hydrogens (tertiary/aromatic N) is 1. The van der Waals surface area contributed by atoms with Crippen LogP contribution in [-0.4, -0.2) is 4.92 Å². The lowest BCUT2D eigenvalue weighted by Crippen LogP contribution is -1.87. The molecule has 64 valence electrons. The number of nitro groups is 1. The van der Waals surface area contributed by atoms with Gasteiger partial charge in [0.15, 0.2) is 0 Å². The number of rotatable bonds is 3. The summed E-state index contributed by atoms with van der Waals surface area (Å²) in [7, 11) is 0. The van der Waals surface area contributed by atoms with Gasteiger partial charge in [-0.1, -0.05) is 12.1 Å². The molecule has 0 saturated carbocycles. The highest BCUT2D eigenvalue weighted by atomic mass is 32.2. The smallest absolute Gasteiger partial charge is 0.258 e. The van der Waals surface area contributed by atoms with E-state index in [4.69, 9.17) is 0 Å². The summed E-state index contributed by atoms with van der Waals surface area (Å²) in [5.74, 6) is 0.234. The van der Waals surface area contributed by atoms with E-state index >= 15 is 0 Å². The standard InChI is InChI=1S/C7H6FNO2S/c8-12-5-6-1-3-7(4-2-6)9(10)11/h1-4H,5H2. The summed E-state index contributed by atoms with van der Waals surface area (Å²) in [5.41, 5.74) is 0.774. The molecule has 0 aliphatic carbocycles. The van der Waals surface area contributed by atoms with E-state index in [1.54, 1.807) is 12.1 Å². The Morgan fingerprint density at radius 3 is 2.42 bits per heavy atom. The highest BCUT2D eigenvalue weighted by molar-refractivity contribution is 7.93. The second-order valence-corrected chi connectivity index (χ2v) is 2.68. The van der Waals surface area contributed by atoms with Gasteiger partial charge in [-0.25, -0.2) is 0 Å². The molecule has 0 radical (unpaired) electrons. The molecule has 0 aliphatic rings. The molecule has 0 unspecified atom stereocenters. The van der Waals surface area contributed by atoms with Crippen molar-refractivity contribution in [3.8, 4) is 0 Å². The lowest BCUT2D eigenvalue weighted by Gasteiger charge is -1.94. The predicted octanol–water partition coefficient (Wildman–Crippen LogP) is 2.71. The zero-order chi connectivity index (χ0) is 8.97. The Kier molecular flexibility index (Phi) is 3.04. The van der Waals surface area contributed by atoms with E-state index in [-0.39, 0.29) is 23.6 Å². The normalized spacial score (nSPS) is 9.75. The van der Waals surface area contributed by atoms with Crippen LogP contribution in [0.3, 0.4) is 0 Å². The van der Waals surface area contributed by atoms with Crippen molar-refractivity contribution in [2.24, 2.45) is 0 Å². The van der Waals surface area contributed by atoms with Gasteiger partial charge in [-0.15, -0.1) is 0 Å². The van der Waals surface area contributed by atoms with Crippen molar-refractivity contribution < 1.29 is 8.81 Å². The Labute approximate surface area is 73.0 Å². The first-order valence-electron chi connectivity index (χ1n) is 3.21. The summed E-state index contributed by atoms with van der Waals surface area (Å²) >= 11 is 0.199. The molecule has 1 aromatic rings. The van der Waals surface area contributed by atoms with Crippen LogP contribution in [0.25, 0.3) is 0 Å². The van der Waals surface area contributed by atoms with E-state index in [1.165, 1.54) is 12.1 Å². The minimum atomic E-state index is -0.480. The fourth-order valence-electron chi connectivity index (χ4n) is 0.777. The second-order valence-electron chi connectivity index (χ2n) is 2.18. The Balaban J connectivity index is 2.78. The minimum Gasteiger partial charge on any atom is -0.258 e. The molecule has 0 N–H and O–H groups in total. The second kappa shape index (κ2) is 4.06. The predicted molar refractivity (Wildman–Crippen MR) is 45.5 cm³/mol. The van der Waals surface area contributed by atoms with Crippen LogP contribution in [-0.2, 0) is 5.75 Å². The summed E-state index contributed by atoms with van der Waals surface area (Å²) in [6, 6.07) is 5.83. The topological polar surface area (TPSA) is 43.1 Å². The van der Waals surface area contributed by atoms with E-state index in [0.717, 1.165) is 5.56 Å². The third-order valence-corrected chi connectivity index (χ3v) is 1.81. The van der Waals surface area contributed by atoms with Crippen molar-refractivity contribution in [3.05, 3.63) is 39.9 Å². The van der Waals surface area contributed by atoms with Gasteiger partial charge in [0.1, 0.15) is 0 Å². The van der Waals surface area contributed by atoms with Gasteiger partial charge in [0.25, 0.3) is 5.69 Å². The average Bonchev–Trinajstić information content (AvgIpc) is 2.06. The van der Waals surface area contributed by atoms with E-state index in [2.05, 4.69) is 0 Å². The number of nitro benzene ring substituents is 1. The van der Waals surface area contributed by atoms with Crippen molar-refractivity contribution in [1.29, 1.82) is 0 Å². The molecule has 0 spiro atoms. The Hall–Kier alpha value is -1.10. The molecule has 0 amide bonds. The maximum Gasteiger partial charge on any atom is 0.269 e. The third kappa shape index (κ3) is 2.20. The highest BCUT2D eigenvalue weighted by Crippen LogP contribution is 2.16. The Morgan fingerprint density at radius 2 is 2.00 bits per heavy atom. The quantitative estimate of drug-likeness (QED) is 0.539. The molecule has 12 heavy (non-hydrogen) atoms. The van der Waals surface area contributed by atoms with Gasteiger partial charge in [0, 0.05) is 24.3 Å². The largest absolute Gasteiger partial charge is 0.269 e. The van der Waals surface area contributed by atoms with Crippen LogP contribution in [0.15, 0.2) is 24.3 Å². The molecule has 0 aliphatic heterocycles. The molecule has 0 aromatic heterocycles. The molecule has 0 heterocycles. The third-order valence-electron chi connectivity index (χ3n) is 1.37. The van der Waals surface area contributed by atoms with E-state index < -0.39 is 4.92 Å². The van der Waals surface area contributed by atoms with Crippen LogP contribution in [0.4, 0.5) is 9.57 Å². The van der Waals surface area contributed by atoms with Crippen LogP contribution in [0.5, 0.6) is 0 Å². The molecule has 0 saturated heterocycles. The van der Waals surface area contributed by atoms with Crippen LogP contribution in [0.2, 0.25) is 0 Å². The van der Waals surface area contributed by atoms with E-state index in [0.29, 0.717) is 0 Å². The average molecular weight is 187 g/mol. The molecule has 1 rings (SSSR count). The molecular formula is C7H6FNO2S. The Bertz CT molecular complexity index is 275. The summed E-state index contributed by atoms with van der Waals surface area (Å²) in [6.45, 7) is 0. The lowest BCUT2D eigenvalue weighted by atomic mass is 10.2. The van der Waals surface area contributed by atoms with Crippen LogP contribution in [0.1, 0.15) is 5.56 Å². The molecule has 3 nitrogen and oxygen atoms in total. The lowest BCUT2D eigenvalue weighted by molar-refractivity contribution is -0.384. The van der Waals surface area contributed by atoms with Gasteiger partial charge >= 0.3 is 0 Å². The first-order valence-corrected chi connectivity index (χ1v) is 4.09. The van der Waals surface area contributed by atoms with Crippen LogP contribution >= 0.6 is 12.1 Å². The van der Waals surface area contributed by atoms with Gasteiger partial charge in [-0.3, -0.25) is 10.1 Å². The van der Waals surface area contributed by atoms with Crippen LogP contribution in [0, 0.1) is 10.1 Å². The first-order chi connectivity index (χ1) is 5.74. The fourth-order valence-corrected chi connectivity index (χ4v) is 1.10. The van der Waals surface area contributed by atoms with E-state index in [9.17, 15) is 14.0 Å². The van der Waals surface area contributed by atoms with E-state index in [1.807, 2.05) is 0 Å². The summed E-state index contributed by atoms with van der Waals surface area (Å²) < 4.78 is 11.7. The fraction of sp³-hybridized carbons (Fsp3) is 0.143. The molecule has 0 bridgehead atoms. The first kappa shape index (κ1) is 8.99. The van der Waals surface area contributed by atoms with Gasteiger partial charge in [-0.05, 0) is 5.56 Å². The van der Waals surface area contributed by atoms with Gasteiger partial charge in [-0.2, -0.15) is 3.89 Å². The highest BCUT2D eigenvalue weighted by Gasteiger charge is 2.03. The Morgan fingerprint density at radius 1 is 1.42 bits per heavy atom. The van der Waals surface area contributed by atoms with Crippen molar-refractivity contribution in [3.63, 3.8) is 0 Å². The SMILES string of the molecule is O=[N+]([O-])c1ccc(CSF)cc1. The number of non-ortho nitro benzene ring substituents is 1. The molecule has 0 atom stereocenters. The number of halogens is 1. The summed E-state index contributed by atoms with van der Waals surface area (Å²) in [5, 5.41) is 10.2. The summed E-state index contributed by atoms with van der Waals surface area (Å²) in [6.07, 6.45) is 0. The molecule has 1 aromatic carbocycles. The maximum absolute atomic E-state index is 11.7. The number of hydrogen-bond acceptors (Lipinski definition) is 3. The van der Waals surface area contributed by atoms with Crippen molar-refractivity contribution in [2.75, 3.05) is 0 Å². The monoisotopic (exact) mass is 187 g/mol. The maximum atomic E-state index is 11.7. The van der Waals surface area contributed by atoms with Gasteiger partial charge < -0.3 is 0 Å². The minimum absolute atomic E-state index is 0.0302. The van der Waals surface area contributed by atoms with Gasteiger partial charge in [0.05, 0.1) is 10.7 Å².